The van der Waals surface area contributed by atoms with E-state index in [0.717, 1.165) is 4.91 Å². The molecule has 0 aliphatic rings. The Morgan fingerprint density at radius 3 is 1.33 bits per heavy atom. The van der Waals surface area contributed by atoms with Gasteiger partial charge in [-0.3, -0.25) is 0 Å². The van der Waals surface area contributed by atoms with Crippen LogP contribution >= 0.6 is 19.0 Å². The second kappa shape index (κ2) is 4.12. The first-order valence-electron chi connectivity index (χ1n) is 4.42. The number of hydrogen-bond acceptors (Lipinski definition) is 0. The first-order valence-corrected chi connectivity index (χ1v) is 14.4. The molecule has 0 N–H and O–H groups in total. The van der Waals surface area contributed by atoms with E-state index < -0.39 is 15.5 Å². The molecule has 0 spiro atoms. The second-order valence-corrected chi connectivity index (χ2v) is 21.2. The molecule has 12 heavy (non-hydrogen) atoms. The van der Waals surface area contributed by atoms with E-state index >= 15 is 0 Å². The molecular formula is C8H22ClPSi2. The minimum Gasteiger partial charge on any atom is -0.167 e. The lowest BCUT2D eigenvalue weighted by atomic mass is 11.7. The molecule has 0 bridgehead atoms. The van der Waals surface area contributed by atoms with Gasteiger partial charge >= 0.3 is 0 Å². The average molecular weight is 241 g/mol. The molecular weight excluding hydrogens is 219 g/mol. The third kappa shape index (κ3) is 3.91. The standard InChI is InChI=1S/C8H22ClPSi2/c1-10(2)8(11(3,4)5)12(6,7)9/h8H,1-7H3. The molecule has 74 valence electrons. The molecule has 0 saturated heterocycles. The van der Waals surface area contributed by atoms with Gasteiger partial charge in [-0.1, -0.05) is 32.7 Å². The Bertz CT molecular complexity index is 132. The van der Waals surface area contributed by atoms with E-state index in [9.17, 15) is 0 Å². The van der Waals surface area contributed by atoms with Gasteiger partial charge < -0.3 is 0 Å². The van der Waals surface area contributed by atoms with Crippen LogP contribution in [0.4, 0.5) is 0 Å². The summed E-state index contributed by atoms with van der Waals surface area (Å²) in [5.41, 5.74) is 0. The van der Waals surface area contributed by atoms with E-state index in [-0.39, 0.29) is 7.92 Å². The molecule has 0 aliphatic carbocycles. The van der Waals surface area contributed by atoms with Crippen molar-refractivity contribution in [2.45, 2.75) is 37.6 Å². The summed E-state index contributed by atoms with van der Waals surface area (Å²) in [7, 11) is -2.30. The fourth-order valence-electron chi connectivity index (χ4n) is 2.42. The maximum atomic E-state index is 6.57. The molecule has 4 heteroatoms. The van der Waals surface area contributed by atoms with Crippen LogP contribution in [0.5, 0.6) is 0 Å². The molecule has 0 rings (SSSR count). The Kier molecular flexibility index (Phi) is 4.52. The first-order chi connectivity index (χ1) is 5.07. The molecule has 1 unspecified atom stereocenters. The monoisotopic (exact) mass is 240 g/mol. The number of rotatable bonds is 3. The predicted molar refractivity (Wildman–Crippen MR) is 69.2 cm³/mol. The van der Waals surface area contributed by atoms with Crippen LogP contribution in [0.1, 0.15) is 0 Å². The summed E-state index contributed by atoms with van der Waals surface area (Å²) >= 11 is 6.57. The van der Waals surface area contributed by atoms with Gasteiger partial charge in [-0.05, 0) is 18.2 Å². The quantitative estimate of drug-likeness (QED) is 0.398. The predicted octanol–water partition coefficient (Wildman–Crippen LogP) is 3.96. The van der Waals surface area contributed by atoms with Crippen LogP contribution in [0.25, 0.3) is 0 Å². The maximum absolute atomic E-state index is 6.57. The molecule has 1 atom stereocenters. The lowest BCUT2D eigenvalue weighted by Gasteiger charge is -2.39. The summed E-state index contributed by atoms with van der Waals surface area (Å²) in [5.74, 6) is 0. The summed E-state index contributed by atoms with van der Waals surface area (Å²) in [6.07, 6.45) is 0. The largest absolute Gasteiger partial charge is 0.167 e. The van der Waals surface area contributed by atoms with Gasteiger partial charge in [0, 0.05) is 0 Å². The van der Waals surface area contributed by atoms with E-state index in [1.807, 2.05) is 0 Å². The minimum atomic E-state index is -1.42. The van der Waals surface area contributed by atoms with Gasteiger partial charge in [-0.15, -0.1) is 7.92 Å². The fourth-order valence-corrected chi connectivity index (χ4v) is 26.5. The van der Waals surface area contributed by atoms with Gasteiger partial charge in [0.15, 0.2) is 7.38 Å². The Balaban J connectivity index is 4.70. The van der Waals surface area contributed by atoms with Crippen LogP contribution in [0.2, 0.25) is 32.7 Å². The van der Waals surface area contributed by atoms with Crippen molar-refractivity contribution in [1.82, 2.24) is 0 Å². The zero-order valence-corrected chi connectivity index (χ0v) is 13.1. The number of halogens is 1. The molecule has 0 aromatic rings. The molecule has 0 fully saturated rings. The molecule has 0 saturated carbocycles. The third-order valence-corrected chi connectivity index (χ3v) is 19.7. The van der Waals surface area contributed by atoms with Gasteiger partial charge in [0.1, 0.15) is 0 Å². The SMILES string of the molecule is CP(C)C([Si](C)(C)C)[Si](C)(C)Cl. The fraction of sp³-hybridized carbons (Fsp3) is 1.00. The summed E-state index contributed by atoms with van der Waals surface area (Å²) in [4.78, 5) is 0.890. The van der Waals surface area contributed by atoms with Gasteiger partial charge in [-0.25, -0.2) is 0 Å². The Morgan fingerprint density at radius 2 is 1.33 bits per heavy atom. The van der Waals surface area contributed by atoms with Crippen molar-refractivity contribution in [2.24, 2.45) is 0 Å². The van der Waals surface area contributed by atoms with Crippen LogP contribution in [-0.2, 0) is 0 Å². The van der Waals surface area contributed by atoms with Crippen LogP contribution in [0.3, 0.4) is 0 Å². The Morgan fingerprint density at radius 1 is 1.00 bits per heavy atom. The van der Waals surface area contributed by atoms with Crippen LogP contribution in [0, 0.1) is 0 Å². The second-order valence-electron chi connectivity index (χ2n) is 5.30. The van der Waals surface area contributed by atoms with E-state index in [0.29, 0.717) is 0 Å². The van der Waals surface area contributed by atoms with Crippen molar-refractivity contribution in [1.29, 1.82) is 0 Å². The highest BCUT2D eigenvalue weighted by atomic mass is 35.6. The minimum absolute atomic E-state index is 0.151. The molecule has 0 nitrogen and oxygen atoms in total. The zero-order valence-electron chi connectivity index (χ0n) is 9.40. The van der Waals surface area contributed by atoms with Crippen molar-refractivity contribution < 1.29 is 0 Å². The van der Waals surface area contributed by atoms with E-state index in [2.05, 4.69) is 46.1 Å². The van der Waals surface area contributed by atoms with E-state index in [1.165, 1.54) is 0 Å². The van der Waals surface area contributed by atoms with E-state index in [1.54, 1.807) is 0 Å². The van der Waals surface area contributed by atoms with Gasteiger partial charge in [0.25, 0.3) is 0 Å². The summed E-state index contributed by atoms with van der Waals surface area (Å²) in [6, 6.07) is 0. The summed E-state index contributed by atoms with van der Waals surface area (Å²) < 4.78 is 0. The topological polar surface area (TPSA) is 0 Å². The molecule has 0 amide bonds. The molecule has 0 heterocycles. The van der Waals surface area contributed by atoms with Crippen molar-refractivity contribution in [3.63, 3.8) is 0 Å². The van der Waals surface area contributed by atoms with Crippen molar-refractivity contribution in [2.75, 3.05) is 13.3 Å². The maximum Gasteiger partial charge on any atom is 0.155 e. The molecule has 0 aliphatic heterocycles. The number of hydrogen-bond donors (Lipinski definition) is 0. The summed E-state index contributed by atoms with van der Waals surface area (Å²) in [6.45, 7) is 16.7. The lowest BCUT2D eigenvalue weighted by Crippen LogP contribution is -2.51. The highest BCUT2D eigenvalue weighted by Gasteiger charge is 2.41. The van der Waals surface area contributed by atoms with Gasteiger partial charge in [-0.2, -0.15) is 11.1 Å². The normalized spacial score (nSPS) is 16.8. The third-order valence-electron chi connectivity index (χ3n) is 1.99. The lowest BCUT2D eigenvalue weighted by molar-refractivity contribution is 1.49. The average Bonchev–Trinajstić information content (AvgIpc) is 1.49. The van der Waals surface area contributed by atoms with E-state index in [4.69, 9.17) is 11.1 Å². The van der Waals surface area contributed by atoms with Crippen LogP contribution in [-0.4, -0.2) is 33.7 Å². The highest BCUT2D eigenvalue weighted by Crippen LogP contribution is 2.44. The molecule has 0 radical (unpaired) electrons. The van der Waals surface area contributed by atoms with Crippen molar-refractivity contribution >= 4 is 34.5 Å². The van der Waals surface area contributed by atoms with Gasteiger partial charge in [0.2, 0.25) is 0 Å². The Labute approximate surface area is 85.6 Å². The van der Waals surface area contributed by atoms with Crippen LogP contribution < -0.4 is 0 Å². The van der Waals surface area contributed by atoms with Crippen LogP contribution in [0.15, 0.2) is 0 Å². The highest BCUT2D eigenvalue weighted by molar-refractivity contribution is 7.66. The Hall–Kier alpha value is 1.15. The first kappa shape index (κ1) is 13.2. The smallest absolute Gasteiger partial charge is 0.155 e. The van der Waals surface area contributed by atoms with Gasteiger partial charge in [0.05, 0.1) is 8.07 Å². The summed E-state index contributed by atoms with van der Waals surface area (Å²) in [5, 5.41) is 0. The van der Waals surface area contributed by atoms with Crippen molar-refractivity contribution in [3.05, 3.63) is 0 Å². The van der Waals surface area contributed by atoms with Crippen molar-refractivity contribution in [3.8, 4) is 0 Å². The molecule has 0 aromatic carbocycles. The zero-order chi connectivity index (χ0) is 10.2. The molecule has 0 aromatic heterocycles.